The highest BCUT2D eigenvalue weighted by atomic mass is 16.5. The Morgan fingerprint density at radius 3 is 2.41 bits per heavy atom. The highest BCUT2D eigenvalue weighted by molar-refractivity contribution is 5.76. The van der Waals surface area contributed by atoms with Crippen LogP contribution in [0.5, 0.6) is 0 Å². The van der Waals surface area contributed by atoms with E-state index in [4.69, 9.17) is 11.5 Å². The molecule has 0 bridgehead atoms. The van der Waals surface area contributed by atoms with Crippen LogP contribution in [0.2, 0.25) is 0 Å². The van der Waals surface area contributed by atoms with E-state index in [-0.39, 0.29) is 5.69 Å². The Morgan fingerprint density at radius 1 is 1.35 bits per heavy atom. The first kappa shape index (κ1) is 13.3. The fourth-order valence-electron chi connectivity index (χ4n) is 1.46. The molecule has 1 aromatic rings. The minimum Gasteiger partial charge on any atom is -0.467 e. The van der Waals surface area contributed by atoms with E-state index in [0.29, 0.717) is 16.8 Å². The summed E-state index contributed by atoms with van der Waals surface area (Å²) in [6.45, 7) is 1.71. The van der Waals surface area contributed by atoms with Crippen molar-refractivity contribution in [3.63, 3.8) is 0 Å². The summed E-state index contributed by atoms with van der Waals surface area (Å²) >= 11 is 0. The van der Waals surface area contributed by atoms with Gasteiger partial charge in [-0.15, -0.1) is 0 Å². The Kier molecular flexibility index (Phi) is 3.93. The van der Waals surface area contributed by atoms with Crippen molar-refractivity contribution < 1.29 is 19.7 Å². The molecule has 6 heteroatoms. The van der Waals surface area contributed by atoms with Gasteiger partial charge in [-0.25, -0.2) is 4.79 Å². The number of aliphatic hydroxyl groups excluding tert-OH is 2. The number of aryl methyl sites for hydroxylation is 1. The maximum absolute atomic E-state index is 11.1. The van der Waals surface area contributed by atoms with Crippen LogP contribution in [0.25, 0.3) is 0 Å². The Bertz CT molecular complexity index is 410. The van der Waals surface area contributed by atoms with Crippen LogP contribution in [0.3, 0.4) is 0 Å². The van der Waals surface area contributed by atoms with Gasteiger partial charge < -0.3 is 26.4 Å². The van der Waals surface area contributed by atoms with Crippen LogP contribution < -0.4 is 11.5 Å². The van der Waals surface area contributed by atoms with Crippen molar-refractivity contribution in [2.24, 2.45) is 0 Å². The van der Waals surface area contributed by atoms with Crippen molar-refractivity contribution in [2.75, 3.05) is 18.6 Å². The number of rotatable bonds is 3. The molecule has 0 aliphatic carbocycles. The lowest BCUT2D eigenvalue weighted by atomic mass is 10.0. The van der Waals surface area contributed by atoms with Crippen LogP contribution in [0.4, 0.5) is 11.4 Å². The third-order valence-electron chi connectivity index (χ3n) is 2.52. The van der Waals surface area contributed by atoms with Gasteiger partial charge in [-0.05, 0) is 24.1 Å². The maximum atomic E-state index is 11.1. The van der Waals surface area contributed by atoms with Gasteiger partial charge in [-0.3, -0.25) is 0 Å². The van der Waals surface area contributed by atoms with Crippen LogP contribution in [0, 0.1) is 6.92 Å². The van der Waals surface area contributed by atoms with Crippen LogP contribution in [-0.2, 0) is 9.53 Å². The van der Waals surface area contributed by atoms with Gasteiger partial charge >= 0.3 is 5.97 Å². The molecule has 6 N–H and O–H groups in total. The molecule has 0 aliphatic heterocycles. The van der Waals surface area contributed by atoms with Crippen molar-refractivity contribution >= 4 is 17.3 Å². The fourth-order valence-corrected chi connectivity index (χ4v) is 1.46. The van der Waals surface area contributed by atoms with Crippen molar-refractivity contribution in [1.29, 1.82) is 0 Å². The zero-order valence-corrected chi connectivity index (χ0v) is 9.68. The summed E-state index contributed by atoms with van der Waals surface area (Å²) in [5.41, 5.74) is 13.0. The average Bonchev–Trinajstić information content (AvgIpc) is 2.32. The summed E-state index contributed by atoms with van der Waals surface area (Å²) in [7, 11) is 1.13. The van der Waals surface area contributed by atoms with E-state index < -0.39 is 18.2 Å². The first-order valence-corrected chi connectivity index (χ1v) is 4.98. The summed E-state index contributed by atoms with van der Waals surface area (Å²) in [6, 6.07) is 2.97. The van der Waals surface area contributed by atoms with Crippen molar-refractivity contribution in [2.45, 2.75) is 19.1 Å². The molecule has 0 spiro atoms. The number of esters is 1. The second kappa shape index (κ2) is 5.03. The van der Waals surface area contributed by atoms with Crippen LogP contribution in [0.1, 0.15) is 17.2 Å². The molecule has 6 nitrogen and oxygen atoms in total. The summed E-state index contributed by atoms with van der Waals surface area (Å²) in [5.74, 6) is -0.912. The van der Waals surface area contributed by atoms with Gasteiger partial charge in [-0.1, -0.05) is 6.07 Å². The first-order valence-electron chi connectivity index (χ1n) is 4.98. The highest BCUT2D eigenvalue weighted by Gasteiger charge is 2.27. The molecule has 0 heterocycles. The number of hydrogen-bond acceptors (Lipinski definition) is 6. The summed E-state index contributed by atoms with van der Waals surface area (Å²) < 4.78 is 4.33. The molecule has 0 aliphatic rings. The van der Waals surface area contributed by atoms with Crippen molar-refractivity contribution in [3.05, 3.63) is 23.3 Å². The van der Waals surface area contributed by atoms with E-state index in [0.717, 1.165) is 7.11 Å². The largest absolute Gasteiger partial charge is 0.467 e. The average molecular weight is 240 g/mol. The molecule has 1 rings (SSSR count). The number of ether oxygens (including phenoxy) is 1. The molecule has 0 saturated carbocycles. The van der Waals surface area contributed by atoms with E-state index in [1.54, 1.807) is 13.0 Å². The molecule has 0 fully saturated rings. The normalized spacial score (nSPS) is 14.1. The monoisotopic (exact) mass is 240 g/mol. The lowest BCUT2D eigenvalue weighted by molar-refractivity contribution is -0.156. The van der Waals surface area contributed by atoms with E-state index in [9.17, 15) is 15.0 Å². The van der Waals surface area contributed by atoms with E-state index in [1.807, 2.05) is 0 Å². The number of anilines is 2. The molecule has 94 valence electrons. The van der Waals surface area contributed by atoms with Crippen LogP contribution in [0.15, 0.2) is 12.1 Å². The molecular weight excluding hydrogens is 224 g/mol. The summed E-state index contributed by atoms with van der Waals surface area (Å²) in [5, 5.41) is 19.3. The van der Waals surface area contributed by atoms with E-state index in [1.165, 1.54) is 6.07 Å². The number of nitrogen functional groups attached to an aromatic ring is 2. The number of hydrogen-bond donors (Lipinski definition) is 4. The Hall–Kier alpha value is -1.79. The number of carbonyl (C=O) groups excluding carboxylic acids is 1. The SMILES string of the molecule is COC(=O)C(O)C(O)c1cc(C)c(N)c(N)c1. The minimum absolute atomic E-state index is 0.288. The molecule has 0 aromatic heterocycles. The molecule has 2 unspecified atom stereocenters. The standard InChI is InChI=1S/C11H16N2O4/c1-5-3-6(4-7(12)8(5)13)9(14)10(15)11(16)17-2/h3-4,9-10,14-15H,12-13H2,1-2H3. The predicted octanol–water partition coefficient (Wildman–Crippen LogP) is -0.273. The lowest BCUT2D eigenvalue weighted by Gasteiger charge is -2.17. The lowest BCUT2D eigenvalue weighted by Crippen LogP contribution is -2.29. The van der Waals surface area contributed by atoms with Gasteiger partial charge in [0.15, 0.2) is 6.10 Å². The number of benzene rings is 1. The zero-order valence-electron chi connectivity index (χ0n) is 9.68. The van der Waals surface area contributed by atoms with Gasteiger partial charge in [-0.2, -0.15) is 0 Å². The van der Waals surface area contributed by atoms with Gasteiger partial charge in [0, 0.05) is 0 Å². The number of aliphatic hydroxyl groups is 2. The number of nitrogens with two attached hydrogens (primary N) is 2. The van der Waals surface area contributed by atoms with E-state index >= 15 is 0 Å². The Labute approximate surface area is 98.8 Å². The first-order chi connectivity index (χ1) is 7.88. The number of carbonyl (C=O) groups is 1. The van der Waals surface area contributed by atoms with Crippen LogP contribution >= 0.6 is 0 Å². The number of methoxy groups -OCH3 is 1. The fraction of sp³-hybridized carbons (Fsp3) is 0.364. The third kappa shape index (κ3) is 2.66. The third-order valence-corrected chi connectivity index (χ3v) is 2.52. The minimum atomic E-state index is -1.65. The molecule has 1 aromatic carbocycles. The van der Waals surface area contributed by atoms with Gasteiger partial charge in [0.1, 0.15) is 6.10 Å². The molecular formula is C11H16N2O4. The van der Waals surface area contributed by atoms with Crippen LogP contribution in [-0.4, -0.2) is 29.4 Å². The second-order valence-electron chi connectivity index (χ2n) is 3.75. The van der Waals surface area contributed by atoms with Gasteiger partial charge in [0.05, 0.1) is 18.5 Å². The Morgan fingerprint density at radius 2 is 1.94 bits per heavy atom. The maximum Gasteiger partial charge on any atom is 0.337 e. The van der Waals surface area contributed by atoms with Gasteiger partial charge in [0.2, 0.25) is 0 Å². The van der Waals surface area contributed by atoms with Gasteiger partial charge in [0.25, 0.3) is 0 Å². The smallest absolute Gasteiger partial charge is 0.337 e. The van der Waals surface area contributed by atoms with E-state index in [2.05, 4.69) is 4.74 Å². The molecule has 0 saturated heterocycles. The topological polar surface area (TPSA) is 119 Å². The predicted molar refractivity (Wildman–Crippen MR) is 63.0 cm³/mol. The molecule has 0 amide bonds. The van der Waals surface area contributed by atoms with Crippen molar-refractivity contribution in [1.82, 2.24) is 0 Å². The molecule has 17 heavy (non-hydrogen) atoms. The molecule has 2 atom stereocenters. The summed E-state index contributed by atoms with van der Waals surface area (Å²) in [6.07, 6.45) is -3.05. The zero-order chi connectivity index (χ0) is 13.2. The Balaban J connectivity index is 3.04. The quantitative estimate of drug-likeness (QED) is 0.426. The van der Waals surface area contributed by atoms with Crippen molar-refractivity contribution in [3.8, 4) is 0 Å². The molecule has 0 radical (unpaired) electrons. The summed E-state index contributed by atoms with van der Waals surface area (Å²) in [4.78, 5) is 11.1. The second-order valence-corrected chi connectivity index (χ2v) is 3.75. The highest BCUT2D eigenvalue weighted by Crippen LogP contribution is 2.27.